The summed E-state index contributed by atoms with van der Waals surface area (Å²) in [6, 6.07) is 14.2. The van der Waals surface area contributed by atoms with Crippen LogP contribution in [0.1, 0.15) is 5.69 Å². The number of rotatable bonds is 3. The maximum absolute atomic E-state index is 13.8. The van der Waals surface area contributed by atoms with Crippen molar-refractivity contribution in [2.75, 3.05) is 0 Å². The monoisotopic (exact) mass is 289 g/mol. The van der Waals surface area contributed by atoms with E-state index in [0.29, 0.717) is 17.1 Å². The highest BCUT2D eigenvalue weighted by atomic mass is 35.5. The van der Waals surface area contributed by atoms with E-state index in [1.54, 1.807) is 18.2 Å². The molecular weight excluding hydrogens is 277 g/mol. The highest BCUT2D eigenvalue weighted by Crippen LogP contribution is 2.23. The van der Waals surface area contributed by atoms with Crippen molar-refractivity contribution in [2.45, 2.75) is 6.61 Å². The maximum atomic E-state index is 13.8. The Morgan fingerprint density at radius 1 is 1.15 bits per heavy atom. The summed E-state index contributed by atoms with van der Waals surface area (Å²) in [4.78, 5) is 0. The van der Waals surface area contributed by atoms with E-state index in [2.05, 4.69) is 0 Å². The van der Waals surface area contributed by atoms with E-state index in [0.717, 1.165) is 16.8 Å². The minimum Gasteiger partial charge on any atom is -0.487 e. The molecule has 0 atom stereocenters. The van der Waals surface area contributed by atoms with Crippen molar-refractivity contribution in [3.05, 3.63) is 65.1 Å². The topological polar surface area (TPSA) is 14.2 Å². The standard InChI is InChI=1S/C16H13ClFNO/c1-19-13(9-11-3-2-4-15(18)16(11)19)10-20-14-7-5-12(17)6-8-14/h2-9H,10H2,1H3. The second-order valence-electron chi connectivity index (χ2n) is 4.61. The molecule has 3 aromatic rings. The lowest BCUT2D eigenvalue weighted by Gasteiger charge is -2.07. The summed E-state index contributed by atoms with van der Waals surface area (Å²) in [5, 5.41) is 1.55. The normalized spacial score (nSPS) is 10.9. The van der Waals surface area contributed by atoms with E-state index in [1.807, 2.05) is 35.9 Å². The SMILES string of the molecule is Cn1c(COc2ccc(Cl)cc2)cc2cccc(F)c21. The van der Waals surface area contributed by atoms with Crippen LogP contribution >= 0.6 is 11.6 Å². The number of halogens is 2. The van der Waals surface area contributed by atoms with Gasteiger partial charge in [-0.25, -0.2) is 4.39 Å². The van der Waals surface area contributed by atoms with E-state index in [9.17, 15) is 4.39 Å². The van der Waals surface area contributed by atoms with Gasteiger partial charge in [0.15, 0.2) is 0 Å². The fraction of sp³-hybridized carbons (Fsp3) is 0.125. The van der Waals surface area contributed by atoms with Crippen molar-refractivity contribution in [1.82, 2.24) is 4.57 Å². The summed E-state index contributed by atoms with van der Waals surface area (Å²) in [6.07, 6.45) is 0. The van der Waals surface area contributed by atoms with E-state index >= 15 is 0 Å². The average molecular weight is 290 g/mol. The lowest BCUT2D eigenvalue weighted by Crippen LogP contribution is -2.02. The van der Waals surface area contributed by atoms with Gasteiger partial charge in [0.2, 0.25) is 0 Å². The van der Waals surface area contributed by atoms with Crippen LogP contribution < -0.4 is 4.74 Å². The van der Waals surface area contributed by atoms with E-state index in [4.69, 9.17) is 16.3 Å². The van der Waals surface area contributed by atoms with Gasteiger partial charge < -0.3 is 9.30 Å². The number of hydrogen-bond donors (Lipinski definition) is 0. The second-order valence-corrected chi connectivity index (χ2v) is 5.05. The summed E-state index contributed by atoms with van der Waals surface area (Å²) >= 11 is 5.82. The molecule has 0 bridgehead atoms. The highest BCUT2D eigenvalue weighted by molar-refractivity contribution is 6.30. The number of benzene rings is 2. The number of aromatic nitrogens is 1. The van der Waals surface area contributed by atoms with Crippen LogP contribution in [-0.4, -0.2) is 4.57 Å². The largest absolute Gasteiger partial charge is 0.487 e. The van der Waals surface area contributed by atoms with Gasteiger partial charge in [0.05, 0.1) is 11.2 Å². The van der Waals surface area contributed by atoms with Crippen LogP contribution in [-0.2, 0) is 13.7 Å². The third-order valence-corrected chi connectivity index (χ3v) is 3.56. The first-order valence-electron chi connectivity index (χ1n) is 6.26. The van der Waals surface area contributed by atoms with Crippen molar-refractivity contribution >= 4 is 22.5 Å². The third kappa shape index (κ3) is 2.37. The maximum Gasteiger partial charge on any atom is 0.147 e. The molecule has 4 heteroatoms. The molecule has 0 aliphatic heterocycles. The predicted octanol–water partition coefficient (Wildman–Crippen LogP) is 4.55. The predicted molar refractivity (Wildman–Crippen MR) is 78.7 cm³/mol. The van der Waals surface area contributed by atoms with Crippen LogP contribution in [0.15, 0.2) is 48.5 Å². The zero-order valence-electron chi connectivity index (χ0n) is 10.9. The fourth-order valence-electron chi connectivity index (χ4n) is 2.25. The van der Waals surface area contributed by atoms with Gasteiger partial charge in [-0.1, -0.05) is 23.7 Å². The third-order valence-electron chi connectivity index (χ3n) is 3.31. The highest BCUT2D eigenvalue weighted by Gasteiger charge is 2.09. The van der Waals surface area contributed by atoms with Crippen molar-refractivity contribution in [3.63, 3.8) is 0 Å². The smallest absolute Gasteiger partial charge is 0.147 e. The second kappa shape index (κ2) is 5.17. The Balaban J connectivity index is 1.86. The lowest BCUT2D eigenvalue weighted by atomic mass is 10.2. The zero-order chi connectivity index (χ0) is 14.1. The minimum absolute atomic E-state index is 0.220. The van der Waals surface area contributed by atoms with Gasteiger partial charge in [0.25, 0.3) is 0 Å². The summed E-state index contributed by atoms with van der Waals surface area (Å²) in [5.41, 5.74) is 1.52. The van der Waals surface area contributed by atoms with Crippen molar-refractivity contribution in [2.24, 2.45) is 7.05 Å². The molecule has 2 nitrogen and oxygen atoms in total. The van der Waals surface area contributed by atoms with Crippen LogP contribution in [0.4, 0.5) is 4.39 Å². The molecule has 102 valence electrons. The molecule has 0 saturated carbocycles. The lowest BCUT2D eigenvalue weighted by molar-refractivity contribution is 0.297. The van der Waals surface area contributed by atoms with Crippen LogP contribution in [0.3, 0.4) is 0 Å². The van der Waals surface area contributed by atoms with Gasteiger partial charge >= 0.3 is 0 Å². The number of hydrogen-bond acceptors (Lipinski definition) is 1. The molecule has 20 heavy (non-hydrogen) atoms. The van der Waals surface area contributed by atoms with Crippen LogP contribution in [0.2, 0.25) is 5.02 Å². The van der Waals surface area contributed by atoms with Crippen LogP contribution in [0, 0.1) is 5.82 Å². The number of fused-ring (bicyclic) bond motifs is 1. The quantitative estimate of drug-likeness (QED) is 0.690. The number of para-hydroxylation sites is 1. The first-order chi connectivity index (χ1) is 9.65. The summed E-state index contributed by atoms with van der Waals surface area (Å²) in [6.45, 7) is 0.381. The molecule has 0 radical (unpaired) electrons. The molecule has 1 heterocycles. The Morgan fingerprint density at radius 3 is 2.60 bits per heavy atom. The Morgan fingerprint density at radius 2 is 1.90 bits per heavy atom. The van der Waals surface area contributed by atoms with Crippen LogP contribution in [0.25, 0.3) is 10.9 Å². The first-order valence-corrected chi connectivity index (χ1v) is 6.64. The van der Waals surface area contributed by atoms with E-state index in [1.165, 1.54) is 6.07 Å². The molecule has 0 saturated heterocycles. The molecule has 0 aliphatic rings. The molecular formula is C16H13ClFNO. The number of aryl methyl sites for hydroxylation is 1. The molecule has 0 aliphatic carbocycles. The summed E-state index contributed by atoms with van der Waals surface area (Å²) in [7, 11) is 1.84. The van der Waals surface area contributed by atoms with Gasteiger partial charge in [-0.15, -0.1) is 0 Å². The van der Waals surface area contributed by atoms with Gasteiger partial charge in [-0.2, -0.15) is 0 Å². The van der Waals surface area contributed by atoms with Gasteiger partial charge in [-0.05, 0) is 36.4 Å². The Hall–Kier alpha value is -2.00. The average Bonchev–Trinajstić information content (AvgIpc) is 2.76. The molecule has 3 rings (SSSR count). The molecule has 0 fully saturated rings. The van der Waals surface area contributed by atoms with Crippen molar-refractivity contribution < 1.29 is 9.13 Å². The Kier molecular flexibility index (Phi) is 3.36. The zero-order valence-corrected chi connectivity index (χ0v) is 11.7. The van der Waals surface area contributed by atoms with E-state index in [-0.39, 0.29) is 5.82 Å². The molecule has 0 unspecified atom stereocenters. The van der Waals surface area contributed by atoms with Gasteiger partial charge in [0.1, 0.15) is 18.2 Å². The summed E-state index contributed by atoms with van der Waals surface area (Å²) < 4.78 is 21.3. The Labute approximate surface area is 121 Å². The van der Waals surface area contributed by atoms with Crippen LogP contribution in [0.5, 0.6) is 5.75 Å². The Bertz CT molecular complexity index is 749. The fourth-order valence-corrected chi connectivity index (χ4v) is 2.37. The van der Waals surface area contributed by atoms with E-state index < -0.39 is 0 Å². The number of nitrogens with zero attached hydrogens (tertiary/aromatic N) is 1. The molecule has 2 aromatic carbocycles. The van der Waals surface area contributed by atoms with Crippen molar-refractivity contribution in [1.29, 1.82) is 0 Å². The van der Waals surface area contributed by atoms with Gasteiger partial charge in [0, 0.05) is 17.5 Å². The van der Waals surface area contributed by atoms with Crippen molar-refractivity contribution in [3.8, 4) is 5.75 Å². The molecule has 0 N–H and O–H groups in total. The molecule has 0 amide bonds. The first kappa shape index (κ1) is 13.0. The number of ether oxygens (including phenoxy) is 1. The summed E-state index contributed by atoms with van der Waals surface area (Å²) in [5.74, 6) is 0.517. The molecule has 0 spiro atoms. The minimum atomic E-state index is -0.220. The molecule has 1 aromatic heterocycles. The van der Waals surface area contributed by atoms with Gasteiger partial charge in [-0.3, -0.25) is 0 Å².